The normalized spacial score (nSPS) is 28.3. The number of nitrogens with zero attached hydrogens (tertiary/aromatic N) is 4. The van der Waals surface area contributed by atoms with Gasteiger partial charge in [-0.3, -0.25) is 9.59 Å². The number of ether oxygens (including phenoxy) is 1. The molecule has 130 valence electrons. The fourth-order valence-corrected chi connectivity index (χ4v) is 4.47. The number of carboxylic acids is 1. The fourth-order valence-electron chi connectivity index (χ4n) is 4.47. The first-order valence-corrected chi connectivity index (χ1v) is 8.51. The summed E-state index contributed by atoms with van der Waals surface area (Å²) in [6.07, 6.45) is 2.57. The third-order valence-corrected chi connectivity index (χ3v) is 5.83. The molecule has 2 saturated heterocycles. The average Bonchev–Trinajstić information content (AvgIpc) is 3.23. The molecule has 0 aromatic carbocycles. The van der Waals surface area contributed by atoms with Crippen LogP contribution in [-0.2, 0) is 27.3 Å². The van der Waals surface area contributed by atoms with Crippen molar-refractivity contribution < 1.29 is 19.4 Å². The number of likely N-dealkylation sites (tertiary alicyclic amines) is 1. The third kappa shape index (κ3) is 2.31. The largest absolute Gasteiger partial charge is 0.481 e. The number of amides is 1. The lowest BCUT2D eigenvalue weighted by Crippen LogP contribution is -2.52. The summed E-state index contributed by atoms with van der Waals surface area (Å²) in [6, 6.07) is 0. The van der Waals surface area contributed by atoms with Crippen molar-refractivity contribution in [2.45, 2.75) is 44.7 Å². The molecule has 2 fully saturated rings. The summed E-state index contributed by atoms with van der Waals surface area (Å²) in [5.74, 6) is 0.281. The molecule has 1 spiro atoms. The molecule has 1 amide bonds. The highest BCUT2D eigenvalue weighted by Gasteiger charge is 2.52. The molecule has 2 unspecified atom stereocenters. The second-order valence-corrected chi connectivity index (χ2v) is 7.20. The molecular formula is C16H22N4O4. The number of hydrogen-bond acceptors (Lipinski definition) is 5. The summed E-state index contributed by atoms with van der Waals surface area (Å²) >= 11 is 0. The Kier molecular flexibility index (Phi) is 3.59. The topological polar surface area (TPSA) is 97.6 Å². The van der Waals surface area contributed by atoms with E-state index in [-0.39, 0.29) is 17.4 Å². The minimum atomic E-state index is -0.810. The molecule has 4 heterocycles. The number of aliphatic carboxylic acids is 1. The number of carboxylic acid groups (broad SMARTS) is 1. The molecule has 1 N–H and O–H groups in total. The number of carbonyl (C=O) groups is 2. The van der Waals surface area contributed by atoms with Crippen molar-refractivity contribution in [2.24, 2.45) is 11.8 Å². The first kappa shape index (κ1) is 15.6. The van der Waals surface area contributed by atoms with Crippen LogP contribution in [0.3, 0.4) is 0 Å². The zero-order valence-electron chi connectivity index (χ0n) is 13.8. The zero-order valence-corrected chi connectivity index (χ0v) is 13.8. The first-order chi connectivity index (χ1) is 11.5. The molecule has 0 aliphatic carbocycles. The Balaban J connectivity index is 1.57. The summed E-state index contributed by atoms with van der Waals surface area (Å²) < 4.78 is 7.44. The molecule has 2 atom stereocenters. The van der Waals surface area contributed by atoms with Crippen LogP contribution in [0.5, 0.6) is 0 Å². The van der Waals surface area contributed by atoms with Gasteiger partial charge in [0.2, 0.25) is 5.91 Å². The number of aryl methyl sites for hydroxylation is 1. The molecule has 0 saturated carbocycles. The highest BCUT2D eigenvalue weighted by atomic mass is 16.5. The molecule has 0 bridgehead atoms. The van der Waals surface area contributed by atoms with E-state index in [1.54, 1.807) is 0 Å². The van der Waals surface area contributed by atoms with E-state index in [1.807, 2.05) is 16.4 Å². The van der Waals surface area contributed by atoms with Crippen molar-refractivity contribution in [2.75, 3.05) is 19.8 Å². The second kappa shape index (κ2) is 5.54. The molecule has 24 heavy (non-hydrogen) atoms. The van der Waals surface area contributed by atoms with E-state index < -0.39 is 11.9 Å². The second-order valence-electron chi connectivity index (χ2n) is 7.20. The van der Waals surface area contributed by atoms with Crippen molar-refractivity contribution in [3.63, 3.8) is 0 Å². The number of hydrogen-bond donors (Lipinski definition) is 1. The Labute approximate surface area is 139 Å². The van der Waals surface area contributed by atoms with E-state index in [4.69, 9.17) is 4.74 Å². The van der Waals surface area contributed by atoms with Crippen LogP contribution < -0.4 is 0 Å². The Bertz CT molecular complexity index is 680. The van der Waals surface area contributed by atoms with Crippen LogP contribution in [0.2, 0.25) is 0 Å². The number of fused-ring (bicyclic) bond motifs is 1. The predicted octanol–water partition coefficient (Wildman–Crippen LogP) is 0.241. The van der Waals surface area contributed by atoms with Gasteiger partial charge in [0.25, 0.3) is 0 Å². The summed E-state index contributed by atoms with van der Waals surface area (Å²) in [5, 5.41) is 17.6. The van der Waals surface area contributed by atoms with Crippen LogP contribution in [0.1, 0.15) is 30.9 Å². The van der Waals surface area contributed by atoms with E-state index in [9.17, 15) is 14.7 Å². The van der Waals surface area contributed by atoms with Gasteiger partial charge in [-0.15, -0.1) is 10.2 Å². The molecule has 0 radical (unpaired) electrons. The van der Waals surface area contributed by atoms with Crippen molar-refractivity contribution in [1.82, 2.24) is 19.7 Å². The minimum Gasteiger partial charge on any atom is -0.481 e. The fraction of sp³-hybridized carbons (Fsp3) is 0.750. The molecule has 1 aromatic heterocycles. The number of carbonyl (C=O) groups excluding carboxylic acids is 1. The van der Waals surface area contributed by atoms with Crippen LogP contribution in [0.4, 0.5) is 0 Å². The van der Waals surface area contributed by atoms with Crippen molar-refractivity contribution in [3.8, 4) is 0 Å². The van der Waals surface area contributed by atoms with Crippen LogP contribution in [0.15, 0.2) is 0 Å². The highest BCUT2D eigenvalue weighted by Crippen LogP contribution is 2.42. The van der Waals surface area contributed by atoms with Gasteiger partial charge in [-0.1, -0.05) is 0 Å². The van der Waals surface area contributed by atoms with Crippen LogP contribution >= 0.6 is 0 Å². The number of rotatable bonds is 2. The van der Waals surface area contributed by atoms with Gasteiger partial charge in [0.05, 0.1) is 11.8 Å². The number of aromatic nitrogens is 3. The quantitative estimate of drug-likeness (QED) is 0.832. The molecule has 3 aliphatic rings. The molecule has 8 heteroatoms. The Hall–Kier alpha value is -1.96. The summed E-state index contributed by atoms with van der Waals surface area (Å²) in [5.41, 5.74) is -0.351. The van der Waals surface area contributed by atoms with E-state index >= 15 is 0 Å². The summed E-state index contributed by atoms with van der Waals surface area (Å²) in [7, 11) is 0. The lowest BCUT2D eigenvalue weighted by atomic mass is 9.84. The molecule has 8 nitrogen and oxygen atoms in total. The van der Waals surface area contributed by atoms with Gasteiger partial charge in [-0.2, -0.15) is 0 Å². The van der Waals surface area contributed by atoms with Gasteiger partial charge >= 0.3 is 5.97 Å². The molecule has 1 aromatic rings. The minimum absolute atomic E-state index is 0.0607. The van der Waals surface area contributed by atoms with Crippen LogP contribution in [-0.4, -0.2) is 61.9 Å². The lowest BCUT2D eigenvalue weighted by molar-refractivity contribution is -0.143. The van der Waals surface area contributed by atoms with Gasteiger partial charge in [0.1, 0.15) is 11.6 Å². The monoisotopic (exact) mass is 334 g/mol. The molecular weight excluding hydrogens is 312 g/mol. The lowest BCUT2D eigenvalue weighted by Gasteiger charge is -2.42. The maximum atomic E-state index is 13.2. The van der Waals surface area contributed by atoms with Crippen molar-refractivity contribution >= 4 is 11.9 Å². The van der Waals surface area contributed by atoms with Gasteiger partial charge in [-0.25, -0.2) is 0 Å². The van der Waals surface area contributed by atoms with E-state index in [0.717, 1.165) is 24.5 Å². The summed E-state index contributed by atoms with van der Waals surface area (Å²) in [4.78, 5) is 26.6. The Morgan fingerprint density at radius 3 is 2.62 bits per heavy atom. The average molecular weight is 334 g/mol. The summed E-state index contributed by atoms with van der Waals surface area (Å²) in [6.45, 7) is 3.97. The Morgan fingerprint density at radius 2 is 1.96 bits per heavy atom. The SMILES string of the molecule is Cc1nnc2n1CC(C(=O)N1CC(C(=O)O)CC13CCOCC3)C2. The van der Waals surface area contributed by atoms with Gasteiger partial charge in [0.15, 0.2) is 0 Å². The standard InChI is InChI=1S/C16H22N4O4/c1-10-17-18-13-6-11(8-19(10)13)14(21)20-9-12(15(22)23)7-16(20)2-4-24-5-3-16/h11-12H,2-9H2,1H3,(H,22,23). The van der Waals surface area contributed by atoms with E-state index in [2.05, 4.69) is 10.2 Å². The maximum absolute atomic E-state index is 13.2. The zero-order chi connectivity index (χ0) is 16.9. The third-order valence-electron chi connectivity index (χ3n) is 5.83. The van der Waals surface area contributed by atoms with Gasteiger partial charge < -0.3 is 19.3 Å². The van der Waals surface area contributed by atoms with E-state index in [0.29, 0.717) is 39.1 Å². The van der Waals surface area contributed by atoms with Gasteiger partial charge in [-0.05, 0) is 26.2 Å². The van der Waals surface area contributed by atoms with E-state index in [1.165, 1.54) is 0 Å². The maximum Gasteiger partial charge on any atom is 0.308 e. The molecule has 3 aliphatic heterocycles. The predicted molar refractivity (Wildman–Crippen MR) is 82.2 cm³/mol. The Morgan fingerprint density at radius 1 is 1.21 bits per heavy atom. The highest BCUT2D eigenvalue weighted by molar-refractivity contribution is 5.82. The molecule has 4 rings (SSSR count). The van der Waals surface area contributed by atoms with Crippen LogP contribution in [0.25, 0.3) is 0 Å². The first-order valence-electron chi connectivity index (χ1n) is 8.51. The van der Waals surface area contributed by atoms with Crippen molar-refractivity contribution in [3.05, 3.63) is 11.6 Å². The van der Waals surface area contributed by atoms with Crippen LogP contribution in [0, 0.1) is 18.8 Å². The smallest absolute Gasteiger partial charge is 0.308 e. The van der Waals surface area contributed by atoms with Crippen molar-refractivity contribution in [1.29, 1.82) is 0 Å². The van der Waals surface area contributed by atoms with Gasteiger partial charge in [0, 0.05) is 38.3 Å².